The zero-order valence-electron chi connectivity index (χ0n) is 11.5. The van der Waals surface area contributed by atoms with E-state index in [2.05, 4.69) is 28.9 Å². The summed E-state index contributed by atoms with van der Waals surface area (Å²) in [6.45, 7) is 1.99. The molecule has 102 valence electrons. The van der Waals surface area contributed by atoms with Crippen LogP contribution in [0.25, 0.3) is 5.65 Å². The fourth-order valence-electron chi connectivity index (χ4n) is 2.79. The number of nitrogens with zero attached hydrogens (tertiary/aromatic N) is 4. The molecule has 5 heteroatoms. The summed E-state index contributed by atoms with van der Waals surface area (Å²) in [6, 6.07) is 6.48. The van der Waals surface area contributed by atoms with Gasteiger partial charge in [0.05, 0.1) is 12.3 Å². The lowest BCUT2D eigenvalue weighted by molar-refractivity contribution is 0.276. The lowest BCUT2D eigenvalue weighted by atomic mass is 10.2. The number of anilines is 1. The number of imidazole rings is 1. The van der Waals surface area contributed by atoms with Crippen molar-refractivity contribution in [2.45, 2.75) is 19.1 Å². The maximum Gasteiger partial charge on any atom is 0.153 e. The molecule has 5 nitrogen and oxygen atoms in total. The molecule has 1 N–H and O–H groups in total. The normalized spacial score (nSPS) is 19.8. The highest BCUT2D eigenvalue weighted by atomic mass is 16.3. The first kappa shape index (κ1) is 12.4. The number of aromatic nitrogens is 2. The Balaban J connectivity index is 1.97. The third-order valence-electron chi connectivity index (χ3n) is 3.95. The van der Waals surface area contributed by atoms with Gasteiger partial charge in [-0.1, -0.05) is 6.07 Å². The molecule has 0 aromatic carbocycles. The smallest absolute Gasteiger partial charge is 0.153 e. The van der Waals surface area contributed by atoms with Gasteiger partial charge in [0.2, 0.25) is 0 Å². The molecule has 0 saturated carbocycles. The predicted molar refractivity (Wildman–Crippen MR) is 75.4 cm³/mol. The molecule has 1 aliphatic rings. The van der Waals surface area contributed by atoms with Gasteiger partial charge in [-0.2, -0.15) is 0 Å². The number of rotatable bonds is 3. The zero-order chi connectivity index (χ0) is 13.4. The lowest BCUT2D eigenvalue weighted by Crippen LogP contribution is -2.31. The lowest BCUT2D eigenvalue weighted by Gasteiger charge is -2.20. The van der Waals surface area contributed by atoms with Crippen LogP contribution in [-0.4, -0.2) is 52.6 Å². The summed E-state index contributed by atoms with van der Waals surface area (Å²) < 4.78 is 1.97. The second kappa shape index (κ2) is 4.83. The second-order valence-corrected chi connectivity index (χ2v) is 5.32. The topological polar surface area (TPSA) is 44.0 Å². The van der Waals surface area contributed by atoms with E-state index in [-0.39, 0.29) is 6.61 Å². The molecule has 2 aromatic rings. The van der Waals surface area contributed by atoms with Crippen molar-refractivity contribution in [3.8, 4) is 0 Å². The van der Waals surface area contributed by atoms with Crippen molar-refractivity contribution in [2.24, 2.45) is 0 Å². The average Bonchev–Trinajstić information content (AvgIpc) is 3.02. The van der Waals surface area contributed by atoms with Crippen molar-refractivity contribution in [3.63, 3.8) is 0 Å². The summed E-state index contributed by atoms with van der Waals surface area (Å²) in [6.07, 6.45) is 3.10. The van der Waals surface area contributed by atoms with Crippen LogP contribution in [0.4, 0.5) is 5.82 Å². The van der Waals surface area contributed by atoms with Gasteiger partial charge in [0.1, 0.15) is 5.65 Å². The van der Waals surface area contributed by atoms with Crippen molar-refractivity contribution in [3.05, 3.63) is 30.1 Å². The molecule has 0 aliphatic carbocycles. The number of fused-ring (bicyclic) bond motifs is 1. The minimum Gasteiger partial charge on any atom is -0.390 e. The SMILES string of the molecule is CN(C)C1CCN(c2nc3ccccn3c2CO)C1. The van der Waals surface area contributed by atoms with Gasteiger partial charge >= 0.3 is 0 Å². The van der Waals surface area contributed by atoms with Gasteiger partial charge in [-0.3, -0.25) is 4.40 Å². The minimum absolute atomic E-state index is 0.0175. The van der Waals surface area contributed by atoms with E-state index < -0.39 is 0 Å². The monoisotopic (exact) mass is 260 g/mol. The first-order valence-corrected chi connectivity index (χ1v) is 6.69. The van der Waals surface area contributed by atoms with Gasteiger partial charge in [-0.25, -0.2) is 4.98 Å². The Hall–Kier alpha value is -1.59. The Morgan fingerprint density at radius 1 is 1.42 bits per heavy atom. The summed E-state index contributed by atoms with van der Waals surface area (Å²) in [5, 5.41) is 9.64. The van der Waals surface area contributed by atoms with Gasteiger partial charge in [-0.15, -0.1) is 0 Å². The van der Waals surface area contributed by atoms with E-state index in [0.717, 1.165) is 36.7 Å². The Bertz CT molecular complexity index is 578. The van der Waals surface area contributed by atoms with Crippen LogP contribution >= 0.6 is 0 Å². The Labute approximate surface area is 113 Å². The number of hydrogen-bond donors (Lipinski definition) is 1. The molecular formula is C14H20N4O. The van der Waals surface area contributed by atoms with Crippen molar-refractivity contribution < 1.29 is 5.11 Å². The Kier molecular flexibility index (Phi) is 3.16. The Morgan fingerprint density at radius 3 is 2.95 bits per heavy atom. The number of aliphatic hydroxyl groups excluding tert-OH is 1. The van der Waals surface area contributed by atoms with E-state index in [1.807, 2.05) is 28.8 Å². The number of hydrogen-bond acceptors (Lipinski definition) is 4. The van der Waals surface area contributed by atoms with Crippen LogP contribution in [0, 0.1) is 0 Å². The van der Waals surface area contributed by atoms with Crippen LogP contribution in [0.3, 0.4) is 0 Å². The van der Waals surface area contributed by atoms with Gasteiger partial charge in [-0.05, 0) is 32.6 Å². The van der Waals surface area contributed by atoms with Crippen LogP contribution < -0.4 is 4.90 Å². The van der Waals surface area contributed by atoms with E-state index >= 15 is 0 Å². The molecule has 1 fully saturated rings. The maximum atomic E-state index is 9.64. The van der Waals surface area contributed by atoms with Crippen LogP contribution in [0.2, 0.25) is 0 Å². The summed E-state index contributed by atoms with van der Waals surface area (Å²) in [5.41, 5.74) is 1.78. The van der Waals surface area contributed by atoms with Crippen molar-refractivity contribution in [2.75, 3.05) is 32.1 Å². The first-order chi connectivity index (χ1) is 9.20. The van der Waals surface area contributed by atoms with E-state index in [0.29, 0.717) is 6.04 Å². The van der Waals surface area contributed by atoms with Gasteiger partial charge in [0.15, 0.2) is 5.82 Å². The van der Waals surface area contributed by atoms with E-state index in [9.17, 15) is 5.11 Å². The highest BCUT2D eigenvalue weighted by Crippen LogP contribution is 2.26. The molecule has 3 rings (SSSR count). The summed E-state index contributed by atoms with van der Waals surface area (Å²) >= 11 is 0. The van der Waals surface area contributed by atoms with Crippen LogP contribution in [0.15, 0.2) is 24.4 Å². The van der Waals surface area contributed by atoms with Gasteiger partial charge in [0.25, 0.3) is 0 Å². The molecule has 3 heterocycles. The molecule has 1 aliphatic heterocycles. The number of aliphatic hydroxyl groups is 1. The molecule has 0 radical (unpaired) electrons. The molecular weight excluding hydrogens is 240 g/mol. The molecule has 0 bridgehead atoms. The standard InChI is InChI=1S/C14H20N4O/c1-16(2)11-6-8-17(9-11)14-12(10-19)18-7-4-3-5-13(18)15-14/h3-5,7,11,19H,6,8-10H2,1-2H3. The van der Waals surface area contributed by atoms with E-state index in [4.69, 9.17) is 0 Å². The van der Waals surface area contributed by atoms with Crippen LogP contribution in [0.5, 0.6) is 0 Å². The molecule has 0 spiro atoms. The number of likely N-dealkylation sites (N-methyl/N-ethyl adjacent to an activating group) is 1. The fourth-order valence-corrected chi connectivity index (χ4v) is 2.79. The molecule has 19 heavy (non-hydrogen) atoms. The second-order valence-electron chi connectivity index (χ2n) is 5.32. The predicted octanol–water partition coefficient (Wildman–Crippen LogP) is 0.967. The third kappa shape index (κ3) is 2.09. The molecule has 0 amide bonds. The van der Waals surface area contributed by atoms with Crippen molar-refractivity contribution in [1.29, 1.82) is 0 Å². The first-order valence-electron chi connectivity index (χ1n) is 6.69. The van der Waals surface area contributed by atoms with Crippen LogP contribution in [-0.2, 0) is 6.61 Å². The van der Waals surface area contributed by atoms with Gasteiger partial charge in [0, 0.05) is 25.3 Å². The highest BCUT2D eigenvalue weighted by molar-refractivity contribution is 5.56. The zero-order valence-corrected chi connectivity index (χ0v) is 11.5. The highest BCUT2D eigenvalue weighted by Gasteiger charge is 2.27. The third-order valence-corrected chi connectivity index (χ3v) is 3.95. The fraction of sp³-hybridized carbons (Fsp3) is 0.500. The molecule has 1 unspecified atom stereocenters. The van der Waals surface area contributed by atoms with E-state index in [1.54, 1.807) is 0 Å². The maximum absolute atomic E-state index is 9.64. The quantitative estimate of drug-likeness (QED) is 0.893. The molecule has 1 atom stereocenters. The van der Waals surface area contributed by atoms with Crippen LogP contribution in [0.1, 0.15) is 12.1 Å². The molecule has 1 saturated heterocycles. The largest absolute Gasteiger partial charge is 0.390 e. The molecule has 2 aromatic heterocycles. The number of pyridine rings is 1. The van der Waals surface area contributed by atoms with E-state index in [1.165, 1.54) is 0 Å². The summed E-state index contributed by atoms with van der Waals surface area (Å²) in [7, 11) is 4.23. The van der Waals surface area contributed by atoms with Crippen molar-refractivity contribution in [1.82, 2.24) is 14.3 Å². The summed E-state index contributed by atoms with van der Waals surface area (Å²) in [5.74, 6) is 0.929. The van der Waals surface area contributed by atoms with Crippen molar-refractivity contribution >= 4 is 11.5 Å². The summed E-state index contributed by atoms with van der Waals surface area (Å²) in [4.78, 5) is 9.21. The minimum atomic E-state index is 0.0175. The Morgan fingerprint density at radius 2 is 2.26 bits per heavy atom. The van der Waals surface area contributed by atoms with Gasteiger partial charge < -0.3 is 14.9 Å². The average molecular weight is 260 g/mol.